The van der Waals surface area contributed by atoms with Crippen LogP contribution >= 0.6 is 0 Å². The summed E-state index contributed by atoms with van der Waals surface area (Å²) in [6.07, 6.45) is 17.2. The predicted octanol–water partition coefficient (Wildman–Crippen LogP) is 4.58. The molecule has 0 amide bonds. The summed E-state index contributed by atoms with van der Waals surface area (Å²) in [4.78, 5) is 0. The Morgan fingerprint density at radius 2 is 2.08 bits per heavy atom. The third-order valence-corrected chi connectivity index (χ3v) is 6.40. The number of rotatable bonds is 12. The molecule has 0 aromatic carbocycles. The molecular weight excluding hydrogens is 322 g/mol. The minimum atomic E-state index is -0.377. The van der Waals surface area contributed by atoms with Gasteiger partial charge in [-0.1, -0.05) is 63.3 Å². The molecule has 26 heavy (non-hydrogen) atoms. The zero-order valence-electron chi connectivity index (χ0n) is 16.9. The molecule has 0 aliphatic heterocycles. The van der Waals surface area contributed by atoms with Crippen LogP contribution in [0.5, 0.6) is 0 Å². The molecular formula is C23H41NO2. The van der Waals surface area contributed by atoms with Crippen LogP contribution in [0.25, 0.3) is 0 Å². The van der Waals surface area contributed by atoms with Crippen molar-refractivity contribution in [2.75, 3.05) is 6.54 Å². The molecule has 6 atom stereocenters. The molecule has 0 heterocycles. The third-order valence-electron chi connectivity index (χ3n) is 6.40. The van der Waals surface area contributed by atoms with Gasteiger partial charge in [0.15, 0.2) is 0 Å². The summed E-state index contributed by atoms with van der Waals surface area (Å²) < 4.78 is 0. The first-order valence-electron chi connectivity index (χ1n) is 11.0. The first-order valence-corrected chi connectivity index (χ1v) is 11.0. The van der Waals surface area contributed by atoms with E-state index in [1.165, 1.54) is 38.5 Å². The van der Waals surface area contributed by atoms with Gasteiger partial charge in [0.25, 0.3) is 0 Å². The quantitative estimate of drug-likeness (QED) is 0.351. The van der Waals surface area contributed by atoms with Crippen LogP contribution in [0, 0.1) is 23.7 Å². The van der Waals surface area contributed by atoms with E-state index in [0.29, 0.717) is 17.8 Å². The molecule has 2 aliphatic rings. The zero-order chi connectivity index (χ0) is 18.9. The molecule has 0 aromatic rings. The predicted molar refractivity (Wildman–Crippen MR) is 110 cm³/mol. The van der Waals surface area contributed by atoms with E-state index in [-0.39, 0.29) is 18.1 Å². The number of unbranched alkanes of at least 4 members (excludes halogenated alkanes) is 3. The van der Waals surface area contributed by atoms with E-state index in [9.17, 15) is 10.2 Å². The topological polar surface area (TPSA) is 66.5 Å². The van der Waals surface area contributed by atoms with Gasteiger partial charge in [-0.15, -0.1) is 0 Å². The molecule has 2 aliphatic carbocycles. The Kier molecular flexibility index (Phi) is 9.38. The van der Waals surface area contributed by atoms with Crippen molar-refractivity contribution in [2.45, 2.75) is 90.3 Å². The minimum absolute atomic E-state index is 0.207. The highest BCUT2D eigenvalue weighted by Gasteiger charge is 2.43. The van der Waals surface area contributed by atoms with Crippen molar-refractivity contribution in [3.8, 4) is 0 Å². The zero-order valence-corrected chi connectivity index (χ0v) is 16.9. The maximum absolute atomic E-state index is 10.5. The largest absolute Gasteiger partial charge is 0.392 e. The lowest BCUT2D eigenvalue weighted by Crippen LogP contribution is -2.18. The molecule has 0 saturated heterocycles. The first kappa shape index (κ1) is 21.7. The molecule has 150 valence electrons. The minimum Gasteiger partial charge on any atom is -0.392 e. The standard InChI is InChI=1S/C23H41NO2/c1-3-4-8-17(2)13-20(25)10-11-21-22-15-18(9-6-5-7-12-24)14-19(22)16-23(21)26/h10-11,14,17,19-23,25-26H,3-9,12-13,15-16,24H2,1-2H3/b11-10+/t17-,19+,20-,21-,22+,23-/m1/s1. The Morgan fingerprint density at radius 1 is 1.27 bits per heavy atom. The fourth-order valence-corrected chi connectivity index (χ4v) is 4.88. The number of aliphatic hydroxyl groups is 2. The van der Waals surface area contributed by atoms with Crippen LogP contribution in [-0.2, 0) is 0 Å². The van der Waals surface area contributed by atoms with Crippen molar-refractivity contribution in [3.05, 3.63) is 23.8 Å². The molecule has 0 unspecified atom stereocenters. The van der Waals surface area contributed by atoms with Crippen LogP contribution in [-0.4, -0.2) is 29.0 Å². The number of fused-ring (bicyclic) bond motifs is 1. The summed E-state index contributed by atoms with van der Waals surface area (Å²) >= 11 is 0. The van der Waals surface area contributed by atoms with E-state index >= 15 is 0 Å². The van der Waals surface area contributed by atoms with Gasteiger partial charge in [0, 0.05) is 5.92 Å². The second-order valence-corrected chi connectivity index (χ2v) is 8.77. The highest BCUT2D eigenvalue weighted by atomic mass is 16.3. The van der Waals surface area contributed by atoms with E-state index in [4.69, 9.17) is 5.73 Å². The van der Waals surface area contributed by atoms with Crippen molar-refractivity contribution in [1.29, 1.82) is 0 Å². The molecule has 1 saturated carbocycles. The van der Waals surface area contributed by atoms with Crippen molar-refractivity contribution in [1.82, 2.24) is 0 Å². The van der Waals surface area contributed by atoms with Crippen molar-refractivity contribution < 1.29 is 10.2 Å². The smallest absolute Gasteiger partial charge is 0.0723 e. The normalized spacial score (nSPS) is 30.6. The Labute approximate surface area is 160 Å². The number of nitrogens with two attached hydrogens (primary N) is 1. The second-order valence-electron chi connectivity index (χ2n) is 8.77. The molecule has 2 rings (SSSR count). The maximum atomic E-state index is 10.5. The number of hydrogen-bond donors (Lipinski definition) is 3. The summed E-state index contributed by atoms with van der Waals surface area (Å²) in [5.74, 6) is 1.84. The summed E-state index contributed by atoms with van der Waals surface area (Å²) in [6, 6.07) is 0. The molecule has 0 aromatic heterocycles. The van der Waals surface area contributed by atoms with Gasteiger partial charge < -0.3 is 15.9 Å². The average molecular weight is 364 g/mol. The van der Waals surface area contributed by atoms with Crippen LogP contribution in [0.3, 0.4) is 0 Å². The van der Waals surface area contributed by atoms with Crippen LogP contribution < -0.4 is 5.73 Å². The Bertz CT molecular complexity index is 459. The van der Waals surface area contributed by atoms with Crippen molar-refractivity contribution in [3.63, 3.8) is 0 Å². The van der Waals surface area contributed by atoms with Crippen LogP contribution in [0.1, 0.15) is 78.1 Å². The Balaban J connectivity index is 1.79. The van der Waals surface area contributed by atoms with E-state index in [1.807, 2.05) is 6.08 Å². The fourth-order valence-electron chi connectivity index (χ4n) is 4.88. The molecule has 0 spiro atoms. The van der Waals surface area contributed by atoms with Gasteiger partial charge in [-0.2, -0.15) is 0 Å². The molecule has 1 fully saturated rings. The van der Waals surface area contributed by atoms with Gasteiger partial charge in [-0.05, 0) is 62.8 Å². The average Bonchev–Trinajstić information content (AvgIpc) is 3.11. The summed E-state index contributed by atoms with van der Waals surface area (Å²) in [7, 11) is 0. The van der Waals surface area contributed by atoms with E-state index in [2.05, 4.69) is 26.0 Å². The summed E-state index contributed by atoms with van der Waals surface area (Å²) in [6.45, 7) is 5.23. The van der Waals surface area contributed by atoms with Gasteiger partial charge in [0.1, 0.15) is 0 Å². The summed E-state index contributed by atoms with van der Waals surface area (Å²) in [5, 5.41) is 20.8. The lowest BCUT2D eigenvalue weighted by Gasteiger charge is -2.19. The lowest BCUT2D eigenvalue weighted by atomic mass is 9.88. The van der Waals surface area contributed by atoms with Crippen LogP contribution in [0.2, 0.25) is 0 Å². The number of allylic oxidation sites excluding steroid dienone is 2. The first-order chi connectivity index (χ1) is 12.5. The van der Waals surface area contributed by atoms with Gasteiger partial charge in [0.05, 0.1) is 12.2 Å². The van der Waals surface area contributed by atoms with Gasteiger partial charge >= 0.3 is 0 Å². The summed E-state index contributed by atoms with van der Waals surface area (Å²) in [5.41, 5.74) is 7.15. The molecule has 4 N–H and O–H groups in total. The Hall–Kier alpha value is -0.640. The molecule has 0 radical (unpaired) electrons. The highest BCUT2D eigenvalue weighted by molar-refractivity contribution is 5.21. The maximum Gasteiger partial charge on any atom is 0.0723 e. The van der Waals surface area contributed by atoms with Gasteiger partial charge in [-0.25, -0.2) is 0 Å². The van der Waals surface area contributed by atoms with Crippen LogP contribution in [0.4, 0.5) is 0 Å². The second kappa shape index (κ2) is 11.3. The van der Waals surface area contributed by atoms with E-state index in [0.717, 1.165) is 32.2 Å². The number of aliphatic hydroxyl groups excluding tert-OH is 2. The molecule has 0 bridgehead atoms. The van der Waals surface area contributed by atoms with Crippen LogP contribution in [0.15, 0.2) is 23.8 Å². The lowest BCUT2D eigenvalue weighted by molar-refractivity contribution is 0.139. The van der Waals surface area contributed by atoms with Crippen molar-refractivity contribution >= 4 is 0 Å². The van der Waals surface area contributed by atoms with Crippen molar-refractivity contribution in [2.24, 2.45) is 29.4 Å². The Morgan fingerprint density at radius 3 is 2.81 bits per heavy atom. The number of hydrogen-bond acceptors (Lipinski definition) is 3. The highest BCUT2D eigenvalue weighted by Crippen LogP contribution is 2.48. The fraction of sp³-hybridized carbons (Fsp3) is 0.826. The van der Waals surface area contributed by atoms with Gasteiger partial charge in [0.2, 0.25) is 0 Å². The monoisotopic (exact) mass is 363 g/mol. The SMILES string of the molecule is CCCC[C@@H](C)C[C@H](O)/C=C/[C@@H]1[C@H]2CC(CCCCCN)=C[C@H]2C[C@H]1O. The van der Waals surface area contributed by atoms with E-state index < -0.39 is 0 Å². The van der Waals surface area contributed by atoms with Gasteiger partial charge in [-0.3, -0.25) is 0 Å². The third kappa shape index (κ3) is 6.51. The molecule has 3 heteroatoms. The molecule has 3 nitrogen and oxygen atoms in total. The van der Waals surface area contributed by atoms with E-state index in [1.54, 1.807) is 5.57 Å².